The molecule has 2 saturated carbocycles. The maximum absolute atomic E-state index is 15.0. The molecule has 4 fully saturated rings. The molecule has 3 aromatic rings. The van der Waals surface area contributed by atoms with Gasteiger partial charge in [-0.15, -0.1) is 4.83 Å². The lowest BCUT2D eigenvalue weighted by atomic mass is 9.53. The van der Waals surface area contributed by atoms with Crippen molar-refractivity contribution in [1.82, 2.24) is 19.4 Å². The van der Waals surface area contributed by atoms with Crippen LogP contribution in [0.1, 0.15) is 55.7 Å². The van der Waals surface area contributed by atoms with Gasteiger partial charge in [0.2, 0.25) is 10.0 Å². The molecule has 4 heterocycles. The van der Waals surface area contributed by atoms with Gasteiger partial charge in [0, 0.05) is 23.2 Å². The Morgan fingerprint density at radius 3 is 2.61 bits per heavy atom. The zero-order chi connectivity index (χ0) is 26.1. The average molecular weight is 537 g/mol. The van der Waals surface area contributed by atoms with E-state index in [-0.39, 0.29) is 35.1 Å². The molecule has 8 rings (SSSR count). The molecule has 4 unspecified atom stereocenters. The summed E-state index contributed by atoms with van der Waals surface area (Å²) in [4.78, 5) is 7.22. The first kappa shape index (κ1) is 24.5. The number of halogens is 1. The van der Waals surface area contributed by atoms with Crippen molar-refractivity contribution in [2.45, 2.75) is 69.2 Å². The molecule has 0 amide bonds. The van der Waals surface area contributed by atoms with Gasteiger partial charge < -0.3 is 9.67 Å². The molecule has 4 bridgehead atoms. The standard InChI is InChI=1S/C29H33FN4O3S/c30-24-8-4-7-23-26-17-31-18-33(26)25(28(23)24)13-27(35)29-14-20-11-21(15-29)34(22(12-20)16-29)32-38(36,37)10-9-19-5-2-1-3-6-19/h1-8,17-18,20-22,25,27,32,35H,9-16H2. The van der Waals surface area contributed by atoms with Gasteiger partial charge in [-0.2, -0.15) is 0 Å². The molecular formula is C29H33FN4O3S. The molecule has 9 heteroatoms. The average Bonchev–Trinajstić information content (AvgIpc) is 3.48. The summed E-state index contributed by atoms with van der Waals surface area (Å²) in [5, 5.41) is 13.8. The van der Waals surface area contributed by atoms with Gasteiger partial charge in [-0.1, -0.05) is 42.5 Å². The van der Waals surface area contributed by atoms with Crippen molar-refractivity contribution in [3.63, 3.8) is 0 Å². The van der Waals surface area contributed by atoms with Gasteiger partial charge in [0.15, 0.2) is 0 Å². The van der Waals surface area contributed by atoms with Crippen LogP contribution in [0.2, 0.25) is 0 Å². The van der Waals surface area contributed by atoms with E-state index in [4.69, 9.17) is 0 Å². The summed E-state index contributed by atoms with van der Waals surface area (Å²) < 4.78 is 43.0. The zero-order valence-corrected chi connectivity index (χ0v) is 22.0. The molecule has 0 radical (unpaired) electrons. The number of aliphatic hydroxyl groups is 1. The topological polar surface area (TPSA) is 87.5 Å². The van der Waals surface area contributed by atoms with Crippen LogP contribution in [0.4, 0.5) is 4.39 Å². The van der Waals surface area contributed by atoms with Crippen molar-refractivity contribution in [1.29, 1.82) is 0 Å². The number of rotatable bonds is 8. The number of hydrogen-bond donors (Lipinski definition) is 2. The lowest BCUT2D eigenvalue weighted by molar-refractivity contribution is -0.163. The summed E-state index contributed by atoms with van der Waals surface area (Å²) >= 11 is 0. The van der Waals surface area contributed by atoms with Gasteiger partial charge in [-0.3, -0.25) is 0 Å². The van der Waals surface area contributed by atoms with Crippen LogP contribution in [0.15, 0.2) is 61.1 Å². The third-order valence-corrected chi connectivity index (χ3v) is 10.8. The number of benzene rings is 2. The molecular weight excluding hydrogens is 503 g/mol. The Bertz CT molecular complexity index is 1440. The Balaban J connectivity index is 1.08. The smallest absolute Gasteiger partial charge is 0.224 e. The number of piperidine rings is 2. The second-order valence-corrected chi connectivity index (χ2v) is 13.6. The largest absolute Gasteiger partial charge is 0.392 e. The van der Waals surface area contributed by atoms with Crippen molar-refractivity contribution < 1.29 is 17.9 Å². The van der Waals surface area contributed by atoms with Crippen molar-refractivity contribution >= 4 is 10.0 Å². The predicted octanol–water partition coefficient (Wildman–Crippen LogP) is 4.05. The number of aryl methyl sites for hydroxylation is 1. The van der Waals surface area contributed by atoms with Gasteiger partial charge >= 0.3 is 0 Å². The van der Waals surface area contributed by atoms with Gasteiger partial charge in [0.25, 0.3) is 0 Å². The van der Waals surface area contributed by atoms with Crippen molar-refractivity contribution in [2.75, 3.05) is 5.75 Å². The highest BCUT2D eigenvalue weighted by Gasteiger charge is 2.58. The summed E-state index contributed by atoms with van der Waals surface area (Å²) in [5.41, 5.74) is 3.10. The Morgan fingerprint density at radius 2 is 1.84 bits per heavy atom. The van der Waals surface area contributed by atoms with Crippen LogP contribution in [0.25, 0.3) is 11.3 Å². The number of hydrazine groups is 1. The minimum atomic E-state index is -3.49. The van der Waals surface area contributed by atoms with Crippen LogP contribution in [-0.2, 0) is 16.4 Å². The number of sulfonamides is 1. The number of aliphatic hydroxyl groups excluding tert-OH is 1. The number of nitrogens with one attached hydrogen (secondary N) is 1. The molecule has 2 aliphatic carbocycles. The minimum absolute atomic E-state index is 0.0457. The van der Waals surface area contributed by atoms with E-state index < -0.39 is 16.1 Å². The first-order chi connectivity index (χ1) is 18.3. The number of aromatic nitrogens is 2. The summed E-state index contributed by atoms with van der Waals surface area (Å²) in [6.07, 6.45) is 8.10. The van der Waals surface area contributed by atoms with E-state index in [1.165, 1.54) is 6.07 Å². The monoisotopic (exact) mass is 536 g/mol. The maximum Gasteiger partial charge on any atom is 0.224 e. The minimum Gasteiger partial charge on any atom is -0.392 e. The second kappa shape index (κ2) is 8.98. The van der Waals surface area contributed by atoms with E-state index in [9.17, 15) is 17.9 Å². The van der Waals surface area contributed by atoms with Gasteiger partial charge in [0.1, 0.15) is 5.82 Å². The lowest BCUT2D eigenvalue weighted by Crippen LogP contribution is -2.68. The van der Waals surface area contributed by atoms with Crippen LogP contribution in [0.3, 0.4) is 0 Å². The molecule has 7 nitrogen and oxygen atoms in total. The SMILES string of the molecule is O=S(=O)(CCc1ccccc1)NN1C2CC3CC1CC(C(O)CC1c4c(F)cccc4-c4cncn41)(C3)C2. The van der Waals surface area contributed by atoms with Crippen LogP contribution in [0.5, 0.6) is 0 Å². The van der Waals surface area contributed by atoms with E-state index >= 15 is 0 Å². The molecule has 2 aromatic carbocycles. The van der Waals surface area contributed by atoms with Crippen LogP contribution in [0, 0.1) is 17.2 Å². The highest BCUT2D eigenvalue weighted by Crippen LogP contribution is 2.58. The van der Waals surface area contributed by atoms with Crippen molar-refractivity contribution in [3.8, 4) is 11.3 Å². The quantitative estimate of drug-likeness (QED) is 0.454. The van der Waals surface area contributed by atoms with E-state index in [0.29, 0.717) is 24.3 Å². The molecule has 1 aromatic heterocycles. The Hall–Kier alpha value is -2.59. The van der Waals surface area contributed by atoms with Gasteiger partial charge in [0.05, 0.1) is 36.1 Å². The Kier molecular flexibility index (Phi) is 5.78. The molecule has 3 aliphatic heterocycles. The number of imidazole rings is 1. The zero-order valence-electron chi connectivity index (χ0n) is 21.2. The number of hydrogen-bond acceptors (Lipinski definition) is 5. The van der Waals surface area contributed by atoms with Crippen LogP contribution >= 0.6 is 0 Å². The highest BCUT2D eigenvalue weighted by atomic mass is 32.2. The van der Waals surface area contributed by atoms with Crippen LogP contribution < -0.4 is 4.83 Å². The molecule has 0 spiro atoms. The van der Waals surface area contributed by atoms with Crippen molar-refractivity contribution in [3.05, 3.63) is 78.0 Å². The highest BCUT2D eigenvalue weighted by molar-refractivity contribution is 7.89. The summed E-state index contributed by atoms with van der Waals surface area (Å²) in [7, 11) is -3.49. The van der Waals surface area contributed by atoms with E-state index in [2.05, 4.69) is 9.82 Å². The maximum atomic E-state index is 15.0. The van der Waals surface area contributed by atoms with E-state index in [1.54, 1.807) is 18.6 Å². The summed E-state index contributed by atoms with van der Waals surface area (Å²) in [5.74, 6) is 0.276. The summed E-state index contributed by atoms with van der Waals surface area (Å²) in [6.45, 7) is 0. The molecule has 5 aliphatic rings. The molecule has 2 saturated heterocycles. The van der Waals surface area contributed by atoms with Crippen LogP contribution in [-0.4, -0.2) is 52.0 Å². The van der Waals surface area contributed by atoms with Gasteiger partial charge in [-0.05, 0) is 67.9 Å². The Morgan fingerprint density at radius 1 is 1.08 bits per heavy atom. The molecule has 4 atom stereocenters. The fourth-order valence-corrected chi connectivity index (χ4v) is 9.25. The number of fused-ring (bicyclic) bond motifs is 3. The fourth-order valence-electron chi connectivity index (χ4n) is 8.04. The third-order valence-electron chi connectivity index (χ3n) is 9.54. The fraction of sp³-hybridized carbons (Fsp3) is 0.483. The van der Waals surface area contributed by atoms with Gasteiger partial charge in [-0.25, -0.2) is 22.8 Å². The molecule has 2 N–H and O–H groups in total. The molecule has 200 valence electrons. The lowest BCUT2D eigenvalue weighted by Gasteiger charge is -2.62. The van der Waals surface area contributed by atoms with E-state index in [1.807, 2.05) is 46.0 Å². The normalized spacial score (nSPS) is 30.4. The Labute approximate surface area is 222 Å². The summed E-state index contributed by atoms with van der Waals surface area (Å²) in [6, 6.07) is 14.7. The predicted molar refractivity (Wildman–Crippen MR) is 142 cm³/mol. The first-order valence-electron chi connectivity index (χ1n) is 13.6. The number of nitrogens with zero attached hydrogens (tertiary/aromatic N) is 3. The first-order valence-corrected chi connectivity index (χ1v) is 15.3. The third kappa shape index (κ3) is 4.02. The second-order valence-electron chi connectivity index (χ2n) is 11.8. The molecule has 38 heavy (non-hydrogen) atoms. The van der Waals surface area contributed by atoms with E-state index in [0.717, 1.165) is 48.9 Å². The van der Waals surface area contributed by atoms with Crippen molar-refractivity contribution in [2.24, 2.45) is 11.3 Å².